The van der Waals surface area contributed by atoms with Crippen molar-refractivity contribution in [3.63, 3.8) is 0 Å². The minimum atomic E-state index is -0.525. The highest BCUT2D eigenvalue weighted by Crippen LogP contribution is 2.44. The normalized spacial score (nSPS) is 14.9. The van der Waals surface area contributed by atoms with Crippen molar-refractivity contribution in [2.24, 2.45) is 11.3 Å². The van der Waals surface area contributed by atoms with Crippen molar-refractivity contribution < 1.29 is 19.1 Å². The molecule has 8 nitrogen and oxygen atoms in total. The smallest absolute Gasteiger partial charge is 0.272 e. The Morgan fingerprint density at radius 3 is 2.47 bits per heavy atom. The average molecular weight is 693 g/mol. The molecule has 1 heterocycles. The second-order valence-electron chi connectivity index (χ2n) is 13.0. The standard InChI is InChI=1S/C39H40N4O4S2/c1-24(35(44)43-38-31(23-40)30-19-18-27(39(2,3)4)21-34(30)49-38)48-29-16-11-15-28(22-29)41-37(46)32(20-26-14-9-10-17-33(26)47-5)42-36(45)25-12-7-6-8-13-25/h6-17,20,22,24,27H,18-19,21H2,1-5H3,(H,41,46)(H,42,45)(H,43,44)/b32-20+. The number of nitrogens with one attached hydrogen (secondary N) is 3. The molecule has 3 amide bonds. The lowest BCUT2D eigenvalue weighted by molar-refractivity contribution is -0.115. The molecule has 0 bridgehead atoms. The van der Waals surface area contributed by atoms with Gasteiger partial charge in [0, 0.05) is 26.6 Å². The molecule has 0 spiro atoms. The quantitative estimate of drug-likeness (QED) is 0.114. The van der Waals surface area contributed by atoms with E-state index in [-0.39, 0.29) is 17.0 Å². The van der Waals surface area contributed by atoms with Crippen molar-refractivity contribution in [3.05, 3.63) is 112 Å². The van der Waals surface area contributed by atoms with Crippen LogP contribution in [-0.4, -0.2) is 30.1 Å². The zero-order chi connectivity index (χ0) is 35.1. The number of nitriles is 1. The van der Waals surface area contributed by atoms with Crippen LogP contribution in [0.15, 0.2) is 89.5 Å². The number of rotatable bonds is 10. The molecule has 3 aromatic carbocycles. The summed E-state index contributed by atoms with van der Waals surface area (Å²) in [6.45, 7) is 8.58. The monoisotopic (exact) mass is 692 g/mol. The van der Waals surface area contributed by atoms with Crippen molar-refractivity contribution >= 4 is 57.6 Å². The first-order valence-corrected chi connectivity index (χ1v) is 17.8. The number of ether oxygens (including phenoxy) is 1. The number of thioether (sulfide) groups is 1. The molecule has 4 aromatic rings. The zero-order valence-corrected chi connectivity index (χ0v) is 29.9. The first kappa shape index (κ1) is 35.5. The molecule has 0 aliphatic heterocycles. The molecule has 3 N–H and O–H groups in total. The van der Waals surface area contributed by atoms with E-state index in [2.05, 4.69) is 42.8 Å². The Bertz CT molecular complexity index is 1920. The molecular formula is C39H40N4O4S2. The molecule has 0 saturated carbocycles. The van der Waals surface area contributed by atoms with Crippen LogP contribution < -0.4 is 20.7 Å². The number of methoxy groups -OCH3 is 1. The van der Waals surface area contributed by atoms with Gasteiger partial charge in [0.2, 0.25) is 5.91 Å². The van der Waals surface area contributed by atoms with Crippen molar-refractivity contribution in [3.8, 4) is 11.8 Å². The molecule has 2 atom stereocenters. The van der Waals surface area contributed by atoms with Crippen LogP contribution in [0.25, 0.3) is 6.08 Å². The zero-order valence-electron chi connectivity index (χ0n) is 28.3. The fraction of sp³-hybridized carbons (Fsp3) is 0.282. The van der Waals surface area contributed by atoms with E-state index < -0.39 is 17.1 Å². The van der Waals surface area contributed by atoms with Crippen molar-refractivity contribution in [2.75, 3.05) is 17.7 Å². The summed E-state index contributed by atoms with van der Waals surface area (Å²) in [5.74, 6) is -0.0775. The summed E-state index contributed by atoms with van der Waals surface area (Å²) >= 11 is 2.87. The maximum atomic E-state index is 13.6. The van der Waals surface area contributed by atoms with E-state index in [0.29, 0.717) is 39.0 Å². The second kappa shape index (κ2) is 15.6. The lowest BCUT2D eigenvalue weighted by Gasteiger charge is -2.33. The summed E-state index contributed by atoms with van der Waals surface area (Å²) in [5, 5.41) is 18.8. The van der Waals surface area contributed by atoms with Crippen LogP contribution in [0.3, 0.4) is 0 Å². The summed E-state index contributed by atoms with van der Waals surface area (Å²) in [5.41, 5.74) is 3.39. The van der Waals surface area contributed by atoms with Gasteiger partial charge in [-0.15, -0.1) is 23.1 Å². The molecule has 2 unspecified atom stereocenters. The van der Waals surface area contributed by atoms with Crippen LogP contribution in [0.2, 0.25) is 0 Å². The number of para-hydroxylation sites is 1. The molecule has 1 aliphatic carbocycles. The highest BCUT2D eigenvalue weighted by molar-refractivity contribution is 8.00. The molecule has 0 radical (unpaired) electrons. The number of benzene rings is 3. The van der Waals surface area contributed by atoms with Crippen molar-refractivity contribution in [1.29, 1.82) is 5.26 Å². The molecule has 1 aliphatic rings. The van der Waals surface area contributed by atoms with E-state index in [1.807, 2.05) is 31.2 Å². The molecule has 0 saturated heterocycles. The second-order valence-corrected chi connectivity index (χ2v) is 15.5. The molecule has 5 rings (SSSR count). The Morgan fingerprint density at radius 2 is 1.76 bits per heavy atom. The SMILES string of the molecule is COc1ccccc1/C=C(/NC(=O)c1ccccc1)C(=O)Nc1cccc(SC(C)C(=O)Nc2sc3c(c2C#N)CCC(C(C)(C)C)C3)c1. The first-order chi connectivity index (χ1) is 23.5. The fourth-order valence-corrected chi connectivity index (χ4v) is 7.94. The number of fused-ring (bicyclic) bond motifs is 1. The highest BCUT2D eigenvalue weighted by atomic mass is 32.2. The van der Waals surface area contributed by atoms with E-state index in [1.165, 1.54) is 35.1 Å². The van der Waals surface area contributed by atoms with Crippen LogP contribution in [0, 0.1) is 22.7 Å². The molecular weight excluding hydrogens is 653 g/mol. The summed E-state index contributed by atoms with van der Waals surface area (Å²) < 4.78 is 5.45. The van der Waals surface area contributed by atoms with Gasteiger partial charge in [-0.2, -0.15) is 5.26 Å². The van der Waals surface area contributed by atoms with E-state index >= 15 is 0 Å². The van der Waals surface area contributed by atoms with Gasteiger partial charge >= 0.3 is 0 Å². The summed E-state index contributed by atoms with van der Waals surface area (Å²) in [4.78, 5) is 42.0. The van der Waals surface area contributed by atoms with Crippen LogP contribution in [-0.2, 0) is 22.4 Å². The van der Waals surface area contributed by atoms with Gasteiger partial charge in [-0.1, -0.05) is 63.2 Å². The molecule has 49 heavy (non-hydrogen) atoms. The van der Waals surface area contributed by atoms with Gasteiger partial charge < -0.3 is 20.7 Å². The molecule has 252 valence electrons. The van der Waals surface area contributed by atoms with Crippen LogP contribution in [0.1, 0.15) is 66.0 Å². The lowest BCUT2D eigenvalue weighted by Crippen LogP contribution is -2.30. The number of hydrogen-bond donors (Lipinski definition) is 3. The minimum absolute atomic E-state index is 0.0323. The predicted octanol–water partition coefficient (Wildman–Crippen LogP) is 8.31. The number of anilines is 2. The van der Waals surface area contributed by atoms with Crippen molar-refractivity contribution in [2.45, 2.75) is 57.1 Å². The highest BCUT2D eigenvalue weighted by Gasteiger charge is 2.32. The maximum absolute atomic E-state index is 13.6. The molecule has 1 aromatic heterocycles. The number of carbonyl (C=O) groups is 3. The minimum Gasteiger partial charge on any atom is -0.496 e. The van der Waals surface area contributed by atoms with Gasteiger partial charge in [-0.3, -0.25) is 14.4 Å². The Kier molecular flexibility index (Phi) is 11.3. The van der Waals surface area contributed by atoms with Crippen LogP contribution in [0.5, 0.6) is 5.75 Å². The Labute approximate surface area is 296 Å². The van der Waals surface area contributed by atoms with E-state index in [9.17, 15) is 19.6 Å². The number of nitrogens with zero attached hydrogens (tertiary/aromatic N) is 1. The van der Waals surface area contributed by atoms with Gasteiger partial charge in [0.05, 0.1) is 17.9 Å². The van der Waals surface area contributed by atoms with Gasteiger partial charge in [-0.25, -0.2) is 0 Å². The van der Waals surface area contributed by atoms with Crippen LogP contribution >= 0.6 is 23.1 Å². The third kappa shape index (κ3) is 8.79. The van der Waals surface area contributed by atoms with Gasteiger partial charge in [0.15, 0.2) is 0 Å². The Morgan fingerprint density at radius 1 is 1.02 bits per heavy atom. The predicted molar refractivity (Wildman–Crippen MR) is 198 cm³/mol. The first-order valence-electron chi connectivity index (χ1n) is 16.1. The van der Waals surface area contributed by atoms with Gasteiger partial charge in [0.25, 0.3) is 11.8 Å². The topological polar surface area (TPSA) is 120 Å². The third-order valence-electron chi connectivity index (χ3n) is 8.58. The fourth-order valence-electron chi connectivity index (χ4n) is 5.73. The summed E-state index contributed by atoms with van der Waals surface area (Å²) in [6.07, 6.45) is 4.37. The summed E-state index contributed by atoms with van der Waals surface area (Å²) in [7, 11) is 1.54. The van der Waals surface area contributed by atoms with Crippen molar-refractivity contribution in [1.82, 2.24) is 5.32 Å². The van der Waals surface area contributed by atoms with E-state index in [4.69, 9.17) is 4.74 Å². The van der Waals surface area contributed by atoms with Gasteiger partial charge in [0.1, 0.15) is 22.5 Å². The van der Waals surface area contributed by atoms with Gasteiger partial charge in [-0.05, 0) is 85.6 Å². The maximum Gasteiger partial charge on any atom is 0.272 e. The lowest BCUT2D eigenvalue weighted by atomic mass is 9.72. The van der Waals surface area contributed by atoms with E-state index in [0.717, 1.165) is 29.7 Å². The average Bonchev–Trinajstić information content (AvgIpc) is 3.44. The molecule has 10 heteroatoms. The molecule has 0 fully saturated rings. The number of hydrogen-bond acceptors (Lipinski definition) is 7. The van der Waals surface area contributed by atoms with Crippen LogP contribution in [0.4, 0.5) is 10.7 Å². The Balaban J connectivity index is 1.29. The number of thiophene rings is 1. The Hall–Kier alpha value is -4.85. The number of carbonyl (C=O) groups excluding carboxylic acids is 3. The van der Waals surface area contributed by atoms with E-state index in [1.54, 1.807) is 60.7 Å². The number of amides is 3. The largest absolute Gasteiger partial charge is 0.496 e. The third-order valence-corrected chi connectivity index (χ3v) is 10.8. The summed E-state index contributed by atoms with van der Waals surface area (Å²) in [6, 6.07) is 25.4.